The summed E-state index contributed by atoms with van der Waals surface area (Å²) in [5.74, 6) is 0. The minimum Gasteiger partial charge on any atom is -0.384 e. The summed E-state index contributed by atoms with van der Waals surface area (Å²) < 4.78 is 26.2. The molecule has 1 rings (SSSR count). The molecule has 1 heterocycles. The molecule has 0 aliphatic carbocycles. The Hall–Kier alpha value is -1.83. The van der Waals surface area contributed by atoms with Crippen LogP contribution in [0.3, 0.4) is 0 Å². The summed E-state index contributed by atoms with van der Waals surface area (Å²) in [4.78, 5) is 15.1. The number of carbonyl (C=O) groups is 1. The molecule has 0 aliphatic heterocycles. The van der Waals surface area contributed by atoms with E-state index in [9.17, 15) is 13.2 Å². The summed E-state index contributed by atoms with van der Waals surface area (Å²) in [5, 5.41) is 5.41. The SMILES string of the molecule is CCCCNc1ccncc1S(=O)(=O)NC(=O)NCC. The van der Waals surface area contributed by atoms with Gasteiger partial charge in [0.05, 0.1) is 5.69 Å². The van der Waals surface area contributed by atoms with Gasteiger partial charge in [-0.15, -0.1) is 0 Å². The van der Waals surface area contributed by atoms with Crippen molar-refractivity contribution in [1.29, 1.82) is 0 Å². The molecular formula is C12H20N4O3S. The first-order valence-electron chi connectivity index (χ1n) is 6.49. The zero-order chi connectivity index (χ0) is 15.0. The second-order valence-corrected chi connectivity index (χ2v) is 5.77. The Balaban J connectivity index is 2.91. The van der Waals surface area contributed by atoms with Crippen molar-refractivity contribution in [3.63, 3.8) is 0 Å². The van der Waals surface area contributed by atoms with Crippen LogP contribution >= 0.6 is 0 Å². The van der Waals surface area contributed by atoms with Crippen molar-refractivity contribution in [2.45, 2.75) is 31.6 Å². The smallest absolute Gasteiger partial charge is 0.328 e. The van der Waals surface area contributed by atoms with Gasteiger partial charge in [-0.05, 0) is 19.4 Å². The minimum absolute atomic E-state index is 0.0395. The Morgan fingerprint density at radius 2 is 2.10 bits per heavy atom. The highest BCUT2D eigenvalue weighted by atomic mass is 32.2. The topological polar surface area (TPSA) is 100 Å². The number of pyridine rings is 1. The van der Waals surface area contributed by atoms with Crippen LogP contribution in [0.2, 0.25) is 0 Å². The fraction of sp³-hybridized carbons (Fsp3) is 0.500. The van der Waals surface area contributed by atoms with Crippen LogP contribution in [0.5, 0.6) is 0 Å². The third-order valence-electron chi connectivity index (χ3n) is 2.48. The van der Waals surface area contributed by atoms with E-state index >= 15 is 0 Å². The number of nitrogens with one attached hydrogen (secondary N) is 3. The number of hydrogen-bond donors (Lipinski definition) is 3. The standard InChI is InChI=1S/C12H20N4O3S/c1-3-5-7-15-10-6-8-13-9-11(10)20(18,19)16-12(17)14-4-2/h6,8-9H,3-5,7H2,1-2H3,(H,13,15)(H2,14,16,17). The van der Waals surface area contributed by atoms with Gasteiger partial charge in [-0.1, -0.05) is 13.3 Å². The first kappa shape index (κ1) is 16.2. The molecule has 0 fully saturated rings. The lowest BCUT2D eigenvalue weighted by Gasteiger charge is -2.12. The van der Waals surface area contributed by atoms with E-state index in [-0.39, 0.29) is 4.90 Å². The molecule has 0 aliphatic rings. The Labute approximate surface area is 119 Å². The molecule has 0 radical (unpaired) electrons. The van der Waals surface area contributed by atoms with Gasteiger partial charge in [0.15, 0.2) is 0 Å². The number of hydrogen-bond acceptors (Lipinski definition) is 5. The highest BCUT2D eigenvalue weighted by Crippen LogP contribution is 2.19. The van der Waals surface area contributed by atoms with Crippen LogP contribution in [0, 0.1) is 0 Å². The van der Waals surface area contributed by atoms with Crippen LogP contribution in [0.1, 0.15) is 26.7 Å². The van der Waals surface area contributed by atoms with E-state index in [1.807, 2.05) is 11.6 Å². The molecule has 2 amide bonds. The van der Waals surface area contributed by atoms with E-state index < -0.39 is 16.1 Å². The molecule has 3 N–H and O–H groups in total. The molecule has 1 aromatic heterocycles. The van der Waals surface area contributed by atoms with Crippen molar-refractivity contribution >= 4 is 21.7 Å². The Kier molecular flexibility index (Phi) is 6.23. The molecule has 0 spiro atoms. The van der Waals surface area contributed by atoms with Crippen molar-refractivity contribution < 1.29 is 13.2 Å². The summed E-state index contributed by atoms with van der Waals surface area (Å²) in [7, 11) is -3.94. The molecule has 1 aromatic rings. The van der Waals surface area contributed by atoms with Crippen molar-refractivity contribution in [3.05, 3.63) is 18.5 Å². The number of urea groups is 1. The van der Waals surface area contributed by atoms with E-state index in [4.69, 9.17) is 0 Å². The Morgan fingerprint density at radius 3 is 2.75 bits per heavy atom. The van der Waals surface area contributed by atoms with Gasteiger partial charge in [-0.2, -0.15) is 0 Å². The highest BCUT2D eigenvalue weighted by Gasteiger charge is 2.21. The zero-order valence-corrected chi connectivity index (χ0v) is 12.5. The van der Waals surface area contributed by atoms with Crippen molar-refractivity contribution in [3.8, 4) is 0 Å². The number of sulfonamides is 1. The summed E-state index contributed by atoms with van der Waals surface area (Å²) in [6.07, 6.45) is 4.64. The predicted octanol–water partition coefficient (Wildman–Crippen LogP) is 1.30. The van der Waals surface area contributed by atoms with E-state index in [1.54, 1.807) is 13.0 Å². The average molecular weight is 300 g/mol. The summed E-state index contributed by atoms with van der Waals surface area (Å²) >= 11 is 0. The lowest BCUT2D eigenvalue weighted by atomic mass is 10.3. The van der Waals surface area contributed by atoms with Crippen LogP contribution in [0.15, 0.2) is 23.4 Å². The van der Waals surface area contributed by atoms with Gasteiger partial charge in [-0.3, -0.25) is 4.98 Å². The van der Waals surface area contributed by atoms with Crippen molar-refractivity contribution in [1.82, 2.24) is 15.0 Å². The van der Waals surface area contributed by atoms with Gasteiger partial charge in [0.25, 0.3) is 10.0 Å². The fourth-order valence-electron chi connectivity index (χ4n) is 1.51. The first-order chi connectivity index (χ1) is 9.51. The van der Waals surface area contributed by atoms with E-state index in [1.165, 1.54) is 12.4 Å². The number of nitrogens with zero attached hydrogens (tertiary/aromatic N) is 1. The second-order valence-electron chi connectivity index (χ2n) is 4.12. The maximum Gasteiger partial charge on any atom is 0.328 e. The largest absolute Gasteiger partial charge is 0.384 e. The van der Waals surface area contributed by atoms with Crippen LogP contribution in [-0.4, -0.2) is 32.5 Å². The summed E-state index contributed by atoms with van der Waals surface area (Å²) in [5.41, 5.74) is 0.435. The van der Waals surface area contributed by atoms with Gasteiger partial charge in [0.1, 0.15) is 4.90 Å². The lowest BCUT2D eigenvalue weighted by Crippen LogP contribution is -2.39. The quantitative estimate of drug-likeness (QED) is 0.659. The number of aromatic nitrogens is 1. The van der Waals surface area contributed by atoms with E-state index in [0.29, 0.717) is 18.8 Å². The molecule has 0 saturated heterocycles. The van der Waals surface area contributed by atoms with Gasteiger partial charge in [0.2, 0.25) is 0 Å². The number of rotatable bonds is 7. The van der Waals surface area contributed by atoms with Crippen LogP contribution in [-0.2, 0) is 10.0 Å². The number of carbonyl (C=O) groups excluding carboxylic acids is 1. The molecule has 0 unspecified atom stereocenters. The van der Waals surface area contributed by atoms with Gasteiger partial charge < -0.3 is 10.6 Å². The lowest BCUT2D eigenvalue weighted by molar-refractivity contribution is 0.246. The van der Waals surface area contributed by atoms with Crippen LogP contribution in [0.4, 0.5) is 10.5 Å². The number of unbranched alkanes of at least 4 members (excludes halogenated alkanes) is 1. The third-order valence-corrected chi connectivity index (χ3v) is 3.84. The molecule has 0 aromatic carbocycles. The third kappa shape index (κ3) is 4.69. The number of anilines is 1. The summed E-state index contributed by atoms with van der Waals surface area (Å²) in [6, 6.07) is 0.818. The first-order valence-corrected chi connectivity index (χ1v) is 7.98. The summed E-state index contributed by atoms with van der Waals surface area (Å²) in [6.45, 7) is 4.75. The van der Waals surface area contributed by atoms with Crippen LogP contribution in [0.25, 0.3) is 0 Å². The Bertz CT molecular complexity index is 545. The maximum absolute atomic E-state index is 12.1. The molecule has 112 valence electrons. The molecule has 7 nitrogen and oxygen atoms in total. The molecule has 0 saturated carbocycles. The minimum atomic E-state index is -3.94. The molecular weight excluding hydrogens is 280 g/mol. The normalized spacial score (nSPS) is 10.9. The van der Waals surface area contributed by atoms with Gasteiger partial charge in [-0.25, -0.2) is 17.9 Å². The molecule has 8 heteroatoms. The van der Waals surface area contributed by atoms with E-state index in [0.717, 1.165) is 12.8 Å². The predicted molar refractivity (Wildman–Crippen MR) is 77.0 cm³/mol. The van der Waals surface area contributed by atoms with Gasteiger partial charge >= 0.3 is 6.03 Å². The Morgan fingerprint density at radius 1 is 1.35 bits per heavy atom. The van der Waals surface area contributed by atoms with Crippen molar-refractivity contribution in [2.75, 3.05) is 18.4 Å². The molecule has 20 heavy (non-hydrogen) atoms. The van der Waals surface area contributed by atoms with Gasteiger partial charge in [0, 0.05) is 25.5 Å². The fourth-order valence-corrected chi connectivity index (χ4v) is 2.57. The second kappa shape index (κ2) is 7.68. The molecule has 0 bridgehead atoms. The monoisotopic (exact) mass is 300 g/mol. The zero-order valence-electron chi connectivity index (χ0n) is 11.6. The maximum atomic E-state index is 12.1. The van der Waals surface area contributed by atoms with Crippen molar-refractivity contribution in [2.24, 2.45) is 0 Å². The highest BCUT2D eigenvalue weighted by molar-refractivity contribution is 7.90. The average Bonchev–Trinajstić information content (AvgIpc) is 2.39. The molecule has 0 atom stereocenters. The van der Waals surface area contributed by atoms with Crippen LogP contribution < -0.4 is 15.4 Å². The number of amides is 2. The van der Waals surface area contributed by atoms with E-state index in [2.05, 4.69) is 15.6 Å².